The molecular formula is C12H21N3O3. The second-order valence-corrected chi connectivity index (χ2v) is 4.30. The zero-order valence-electron chi connectivity index (χ0n) is 11.1. The van der Waals surface area contributed by atoms with Gasteiger partial charge in [-0.25, -0.2) is 4.79 Å². The molecule has 0 radical (unpaired) electrons. The third-order valence-electron chi connectivity index (χ3n) is 2.93. The normalized spacial score (nSPS) is 12.5. The van der Waals surface area contributed by atoms with Crippen molar-refractivity contribution in [2.24, 2.45) is 5.92 Å². The first kappa shape index (κ1) is 14.5. The average Bonchev–Trinajstić information content (AvgIpc) is 2.73. The summed E-state index contributed by atoms with van der Waals surface area (Å²) < 4.78 is 4.82. The number of aliphatic hydroxyl groups excluding tert-OH is 1. The van der Waals surface area contributed by atoms with Gasteiger partial charge in [-0.2, -0.15) is 0 Å². The molecule has 0 saturated heterocycles. The molecule has 0 saturated carbocycles. The summed E-state index contributed by atoms with van der Waals surface area (Å²) >= 11 is 0. The topological polar surface area (TPSA) is 87.4 Å². The van der Waals surface area contributed by atoms with Crippen LogP contribution >= 0.6 is 0 Å². The number of nitrogens with one attached hydrogen (secondary N) is 2. The van der Waals surface area contributed by atoms with Crippen molar-refractivity contribution in [1.82, 2.24) is 10.5 Å². The standard InChI is InChI=1S/C12H21N3O3/c1-4-9(5-2)10(16)7-13-12(17)14-11-6-8(3)18-15-11/h6,9-10,16H,4-5,7H2,1-3H3,(H2,13,14,15,17)/t10-/m0/s1. The fraction of sp³-hybridized carbons (Fsp3) is 0.667. The van der Waals surface area contributed by atoms with Gasteiger partial charge in [-0.3, -0.25) is 5.32 Å². The SMILES string of the molecule is CCC(CC)[C@@H](O)CNC(=O)Nc1cc(C)on1. The Bertz CT molecular complexity index is 374. The first-order valence-corrected chi connectivity index (χ1v) is 6.23. The number of hydrogen-bond donors (Lipinski definition) is 3. The molecule has 1 aromatic heterocycles. The molecule has 0 aliphatic carbocycles. The van der Waals surface area contributed by atoms with Gasteiger partial charge in [0.1, 0.15) is 5.76 Å². The molecule has 2 amide bonds. The molecule has 6 heteroatoms. The maximum atomic E-state index is 11.5. The number of carbonyl (C=O) groups is 1. The van der Waals surface area contributed by atoms with Crippen molar-refractivity contribution in [3.63, 3.8) is 0 Å². The van der Waals surface area contributed by atoms with Gasteiger partial charge in [0, 0.05) is 12.6 Å². The quantitative estimate of drug-likeness (QED) is 0.724. The maximum Gasteiger partial charge on any atom is 0.320 e. The smallest absolute Gasteiger partial charge is 0.320 e. The Morgan fingerprint density at radius 3 is 2.67 bits per heavy atom. The molecule has 1 atom stereocenters. The summed E-state index contributed by atoms with van der Waals surface area (Å²) in [5, 5.41) is 18.6. The van der Waals surface area contributed by atoms with Crippen LogP contribution in [0.15, 0.2) is 10.6 Å². The number of carbonyl (C=O) groups excluding carboxylic acids is 1. The largest absolute Gasteiger partial charge is 0.391 e. The van der Waals surface area contributed by atoms with Crippen LogP contribution in [-0.4, -0.2) is 28.9 Å². The number of nitrogens with zero attached hydrogens (tertiary/aromatic N) is 1. The van der Waals surface area contributed by atoms with E-state index in [0.29, 0.717) is 11.6 Å². The monoisotopic (exact) mass is 255 g/mol. The van der Waals surface area contributed by atoms with E-state index in [4.69, 9.17) is 4.52 Å². The third-order valence-corrected chi connectivity index (χ3v) is 2.93. The number of hydrogen-bond acceptors (Lipinski definition) is 4. The lowest BCUT2D eigenvalue weighted by molar-refractivity contribution is 0.104. The van der Waals surface area contributed by atoms with Gasteiger partial charge >= 0.3 is 6.03 Å². The Hall–Kier alpha value is -1.56. The second-order valence-electron chi connectivity index (χ2n) is 4.30. The molecule has 6 nitrogen and oxygen atoms in total. The molecule has 0 spiro atoms. The van der Waals surface area contributed by atoms with Crippen LogP contribution in [0.25, 0.3) is 0 Å². The van der Waals surface area contributed by atoms with E-state index < -0.39 is 12.1 Å². The van der Waals surface area contributed by atoms with E-state index in [2.05, 4.69) is 15.8 Å². The Morgan fingerprint density at radius 1 is 1.50 bits per heavy atom. The molecule has 102 valence electrons. The highest BCUT2D eigenvalue weighted by molar-refractivity contribution is 5.88. The fourth-order valence-corrected chi connectivity index (χ4v) is 1.78. The first-order valence-electron chi connectivity index (χ1n) is 6.23. The van der Waals surface area contributed by atoms with Crippen LogP contribution in [0, 0.1) is 12.8 Å². The van der Waals surface area contributed by atoms with Crippen LogP contribution in [0.4, 0.5) is 10.6 Å². The Balaban J connectivity index is 2.32. The average molecular weight is 255 g/mol. The molecule has 0 unspecified atom stereocenters. The lowest BCUT2D eigenvalue weighted by Crippen LogP contribution is -2.38. The molecule has 18 heavy (non-hydrogen) atoms. The second kappa shape index (κ2) is 7.00. The van der Waals surface area contributed by atoms with E-state index in [9.17, 15) is 9.90 Å². The summed E-state index contributed by atoms with van der Waals surface area (Å²) in [6.07, 6.45) is 1.26. The number of amides is 2. The van der Waals surface area contributed by atoms with Gasteiger partial charge in [0.25, 0.3) is 0 Å². The predicted octanol–water partition coefficient (Wildman–Crippen LogP) is 1.90. The molecule has 0 aliphatic heterocycles. The Morgan fingerprint density at radius 2 is 2.17 bits per heavy atom. The van der Waals surface area contributed by atoms with Crippen LogP contribution in [0.3, 0.4) is 0 Å². The highest BCUT2D eigenvalue weighted by Gasteiger charge is 2.16. The van der Waals surface area contributed by atoms with Crippen molar-refractivity contribution in [1.29, 1.82) is 0 Å². The summed E-state index contributed by atoms with van der Waals surface area (Å²) in [7, 11) is 0. The summed E-state index contributed by atoms with van der Waals surface area (Å²) in [4.78, 5) is 11.5. The van der Waals surface area contributed by atoms with Crippen LogP contribution in [0.2, 0.25) is 0 Å². The number of aromatic nitrogens is 1. The Labute approximate surface area is 107 Å². The van der Waals surface area contributed by atoms with Crippen molar-refractivity contribution < 1.29 is 14.4 Å². The first-order chi connectivity index (χ1) is 8.56. The summed E-state index contributed by atoms with van der Waals surface area (Å²) in [5.74, 6) is 1.20. The maximum absolute atomic E-state index is 11.5. The molecular weight excluding hydrogens is 234 g/mol. The third kappa shape index (κ3) is 4.37. The zero-order chi connectivity index (χ0) is 13.5. The minimum atomic E-state index is -0.523. The predicted molar refractivity (Wildman–Crippen MR) is 68.3 cm³/mol. The van der Waals surface area contributed by atoms with Crippen LogP contribution < -0.4 is 10.6 Å². The molecule has 0 fully saturated rings. The van der Waals surface area contributed by atoms with Crippen molar-refractivity contribution in [2.45, 2.75) is 39.7 Å². The van der Waals surface area contributed by atoms with Gasteiger partial charge in [0.2, 0.25) is 0 Å². The van der Waals surface area contributed by atoms with E-state index in [1.165, 1.54) is 0 Å². The van der Waals surface area contributed by atoms with Gasteiger partial charge in [-0.1, -0.05) is 31.8 Å². The number of rotatable bonds is 6. The summed E-state index contributed by atoms with van der Waals surface area (Å²) in [6.45, 7) is 6.02. The molecule has 1 heterocycles. The van der Waals surface area contributed by atoms with Crippen molar-refractivity contribution in [3.05, 3.63) is 11.8 Å². The molecule has 0 aromatic carbocycles. The van der Waals surface area contributed by atoms with Gasteiger partial charge in [-0.05, 0) is 12.8 Å². The van der Waals surface area contributed by atoms with E-state index in [-0.39, 0.29) is 12.5 Å². The van der Waals surface area contributed by atoms with Gasteiger partial charge < -0.3 is 14.9 Å². The molecule has 1 rings (SSSR count). The van der Waals surface area contributed by atoms with Crippen molar-refractivity contribution >= 4 is 11.8 Å². The van der Waals surface area contributed by atoms with E-state index in [1.807, 2.05) is 13.8 Å². The molecule has 1 aromatic rings. The lowest BCUT2D eigenvalue weighted by Gasteiger charge is -2.20. The minimum Gasteiger partial charge on any atom is -0.391 e. The van der Waals surface area contributed by atoms with Gasteiger partial charge in [0.05, 0.1) is 6.10 Å². The summed E-state index contributed by atoms with van der Waals surface area (Å²) in [6, 6.07) is 1.23. The van der Waals surface area contributed by atoms with E-state index in [1.54, 1.807) is 13.0 Å². The molecule has 0 aliphatic rings. The number of anilines is 1. The Kier molecular flexibility index (Phi) is 5.64. The van der Waals surface area contributed by atoms with Crippen LogP contribution in [-0.2, 0) is 0 Å². The zero-order valence-corrected chi connectivity index (χ0v) is 11.1. The fourth-order valence-electron chi connectivity index (χ4n) is 1.78. The number of urea groups is 1. The van der Waals surface area contributed by atoms with Crippen molar-refractivity contribution in [2.75, 3.05) is 11.9 Å². The minimum absolute atomic E-state index is 0.208. The number of aryl methyl sites for hydroxylation is 1. The van der Waals surface area contributed by atoms with Crippen LogP contribution in [0.5, 0.6) is 0 Å². The van der Waals surface area contributed by atoms with Gasteiger partial charge in [0.15, 0.2) is 5.82 Å². The van der Waals surface area contributed by atoms with Gasteiger partial charge in [-0.15, -0.1) is 0 Å². The highest BCUT2D eigenvalue weighted by Crippen LogP contribution is 2.12. The van der Waals surface area contributed by atoms with Crippen molar-refractivity contribution in [3.8, 4) is 0 Å². The molecule has 3 N–H and O–H groups in total. The van der Waals surface area contributed by atoms with Crippen LogP contribution in [0.1, 0.15) is 32.4 Å². The highest BCUT2D eigenvalue weighted by atomic mass is 16.5. The molecule has 0 bridgehead atoms. The number of aliphatic hydroxyl groups is 1. The van der Waals surface area contributed by atoms with E-state index in [0.717, 1.165) is 12.8 Å². The van der Waals surface area contributed by atoms with E-state index >= 15 is 0 Å². The summed E-state index contributed by atoms with van der Waals surface area (Å²) in [5.41, 5.74) is 0. The lowest BCUT2D eigenvalue weighted by atomic mass is 9.97.